The molecule has 2 heterocycles. The first-order valence-corrected chi connectivity index (χ1v) is 30.6. The van der Waals surface area contributed by atoms with Crippen LogP contribution in [0, 0.1) is 0 Å². The normalized spacial score (nSPS) is 17.5. The van der Waals surface area contributed by atoms with Gasteiger partial charge < -0.3 is 9.80 Å². The average molecular weight is 1070 g/mol. The predicted octanol–water partition coefficient (Wildman–Crippen LogP) is 19.8. The Bertz CT molecular complexity index is 3770. The Morgan fingerprint density at radius 2 is 0.864 bits per heavy atom. The molecular formula is C78H89BN2. The molecule has 0 aromatic heterocycles. The second-order valence-corrected chi connectivity index (χ2v) is 30.6. The average Bonchev–Trinajstić information content (AvgIpc) is 1.39. The summed E-state index contributed by atoms with van der Waals surface area (Å²) < 4.78 is 0. The van der Waals surface area contributed by atoms with Crippen LogP contribution in [0.2, 0.25) is 0 Å². The van der Waals surface area contributed by atoms with Crippen LogP contribution in [0.1, 0.15) is 206 Å². The van der Waals surface area contributed by atoms with E-state index in [0.29, 0.717) is 0 Å². The van der Waals surface area contributed by atoms with Gasteiger partial charge in [-0.25, -0.2) is 0 Å². The van der Waals surface area contributed by atoms with E-state index in [1.54, 1.807) is 0 Å². The van der Waals surface area contributed by atoms with Crippen LogP contribution >= 0.6 is 0 Å². The maximum atomic E-state index is 2.74. The van der Waals surface area contributed by atoms with Crippen molar-refractivity contribution in [2.24, 2.45) is 0 Å². The zero-order valence-electron chi connectivity index (χ0n) is 52.4. The molecule has 2 aliphatic carbocycles. The standard InChI is InChI=1S/C78H89BN2/c1-49(2)53-42-69-71-70(43-53)81(66-36-32-56(73(6,7)8)44-59(66)52-26-24-50(25-27-52)51-28-30-54(31-29-51)72(3,4)5)67-37-33-57(78(17,18)55-22-20-19-21-23-55)45-64(67)79(71)65-47-62-63(77(15,16)41-40-76(62,13)14)48-68(65)80(69)58-34-35-60-61(46-58)75(11,12)39-38-74(60,9)10/h19-37,42-49H,38-41H2,1-18H3. The van der Waals surface area contributed by atoms with E-state index in [1.807, 2.05) is 0 Å². The van der Waals surface area contributed by atoms with Gasteiger partial charge in [0, 0.05) is 39.4 Å². The van der Waals surface area contributed by atoms with Crippen LogP contribution in [0.3, 0.4) is 0 Å². The fourth-order valence-corrected chi connectivity index (χ4v) is 14.5. The molecule has 0 bridgehead atoms. The van der Waals surface area contributed by atoms with Gasteiger partial charge >= 0.3 is 0 Å². The van der Waals surface area contributed by atoms with Crippen LogP contribution in [-0.4, -0.2) is 6.71 Å². The summed E-state index contributed by atoms with van der Waals surface area (Å²) in [6.45, 7) is 43.4. The molecule has 0 unspecified atom stereocenters. The Morgan fingerprint density at radius 1 is 0.383 bits per heavy atom. The molecule has 0 saturated carbocycles. The molecule has 0 fully saturated rings. The van der Waals surface area contributed by atoms with Gasteiger partial charge in [-0.05, 0) is 196 Å². The third-order valence-electron chi connectivity index (χ3n) is 20.4. The molecule has 12 rings (SSSR count). The summed E-state index contributed by atoms with van der Waals surface area (Å²) in [5.74, 6) is 0.282. The quantitative estimate of drug-likeness (QED) is 0.147. The molecule has 8 aromatic rings. The van der Waals surface area contributed by atoms with E-state index in [-0.39, 0.29) is 50.5 Å². The number of fused-ring (bicyclic) bond motifs is 6. The fourth-order valence-electron chi connectivity index (χ4n) is 14.5. The van der Waals surface area contributed by atoms with Crippen molar-refractivity contribution in [3.63, 3.8) is 0 Å². The first-order chi connectivity index (χ1) is 38.0. The third-order valence-corrected chi connectivity index (χ3v) is 20.4. The first-order valence-electron chi connectivity index (χ1n) is 30.6. The highest BCUT2D eigenvalue weighted by Gasteiger charge is 2.48. The number of anilines is 6. The van der Waals surface area contributed by atoms with Crippen LogP contribution in [0.25, 0.3) is 22.3 Å². The highest BCUT2D eigenvalue weighted by molar-refractivity contribution is 7.00. The number of benzene rings is 8. The van der Waals surface area contributed by atoms with Gasteiger partial charge in [0.25, 0.3) is 6.71 Å². The summed E-state index contributed by atoms with van der Waals surface area (Å²) in [6, 6.07) is 62.9. The third kappa shape index (κ3) is 9.14. The lowest BCUT2D eigenvalue weighted by molar-refractivity contribution is 0.332. The van der Waals surface area contributed by atoms with Gasteiger partial charge in [-0.1, -0.05) is 234 Å². The van der Waals surface area contributed by atoms with Gasteiger partial charge in [-0.15, -0.1) is 0 Å². The number of hydrogen-bond acceptors (Lipinski definition) is 2. The van der Waals surface area contributed by atoms with E-state index in [2.05, 4.69) is 292 Å². The predicted molar refractivity (Wildman–Crippen MR) is 352 cm³/mol. The molecule has 8 aromatic carbocycles. The molecule has 0 N–H and O–H groups in total. The fraction of sp³-hybridized carbons (Fsp3) is 0.385. The van der Waals surface area contributed by atoms with Crippen LogP contribution in [0.15, 0.2) is 158 Å². The second-order valence-electron chi connectivity index (χ2n) is 30.6. The molecule has 0 saturated heterocycles. The molecule has 81 heavy (non-hydrogen) atoms. The second kappa shape index (κ2) is 18.7. The Kier molecular flexibility index (Phi) is 12.7. The number of nitrogens with zero attached hydrogens (tertiary/aromatic N) is 2. The van der Waals surface area contributed by atoms with E-state index < -0.39 is 0 Å². The molecule has 4 aliphatic rings. The summed E-state index contributed by atoms with van der Waals surface area (Å²) in [7, 11) is 0. The van der Waals surface area contributed by atoms with Crippen molar-refractivity contribution in [3.8, 4) is 22.3 Å². The van der Waals surface area contributed by atoms with Gasteiger partial charge in [-0.2, -0.15) is 0 Å². The van der Waals surface area contributed by atoms with Gasteiger partial charge in [0.1, 0.15) is 0 Å². The largest absolute Gasteiger partial charge is 0.311 e. The van der Waals surface area contributed by atoms with Crippen LogP contribution < -0.4 is 26.2 Å². The molecular weight excluding hydrogens is 976 g/mol. The van der Waals surface area contributed by atoms with E-state index in [9.17, 15) is 0 Å². The molecule has 0 radical (unpaired) electrons. The number of rotatable bonds is 7. The molecule has 2 aliphatic heterocycles. The van der Waals surface area contributed by atoms with Crippen LogP contribution in [0.4, 0.5) is 34.1 Å². The zero-order chi connectivity index (χ0) is 57.7. The minimum atomic E-state index is -0.255. The van der Waals surface area contributed by atoms with Crippen molar-refractivity contribution in [1.82, 2.24) is 0 Å². The van der Waals surface area contributed by atoms with Crippen LogP contribution in [-0.2, 0) is 37.9 Å². The lowest BCUT2D eigenvalue weighted by Crippen LogP contribution is -2.62. The van der Waals surface area contributed by atoms with Crippen LogP contribution in [0.5, 0.6) is 0 Å². The first kappa shape index (κ1) is 55.0. The van der Waals surface area contributed by atoms with Crippen molar-refractivity contribution >= 4 is 57.2 Å². The smallest absolute Gasteiger partial charge is 0.252 e. The monoisotopic (exact) mass is 1060 g/mol. The summed E-state index contributed by atoms with van der Waals surface area (Å²) in [5.41, 5.74) is 29.3. The SMILES string of the molecule is CC(C)c1cc2c3c(c1)N(c1ccc(C(C)(C)C)cc1-c1ccc(-c4ccc(C(C)(C)C)cc4)cc1)c1ccc(C(C)(C)c4ccccc4)cc1B3c1cc3c(cc1N2c1ccc2c(c1)C(C)(C)CCC2(C)C)C(C)(C)CCC3(C)C. The molecule has 414 valence electrons. The van der Waals surface area contributed by atoms with E-state index in [0.717, 1.165) is 12.8 Å². The summed E-state index contributed by atoms with van der Waals surface area (Å²) >= 11 is 0. The molecule has 0 atom stereocenters. The zero-order valence-corrected chi connectivity index (χ0v) is 52.4. The van der Waals surface area contributed by atoms with E-state index in [4.69, 9.17) is 0 Å². The van der Waals surface area contributed by atoms with E-state index in [1.165, 1.54) is 136 Å². The van der Waals surface area contributed by atoms with Crippen molar-refractivity contribution in [3.05, 3.63) is 208 Å². The number of hydrogen-bond donors (Lipinski definition) is 0. The summed E-state index contributed by atoms with van der Waals surface area (Å²) in [4.78, 5) is 5.44. The van der Waals surface area contributed by atoms with Crippen molar-refractivity contribution in [2.45, 2.75) is 194 Å². The van der Waals surface area contributed by atoms with Gasteiger partial charge in [0.2, 0.25) is 0 Å². The van der Waals surface area contributed by atoms with Crippen molar-refractivity contribution in [2.75, 3.05) is 9.80 Å². The van der Waals surface area contributed by atoms with Gasteiger partial charge in [0.15, 0.2) is 0 Å². The highest BCUT2D eigenvalue weighted by atomic mass is 15.2. The van der Waals surface area contributed by atoms with E-state index >= 15 is 0 Å². The summed E-state index contributed by atoms with van der Waals surface area (Å²) in [5, 5.41) is 0. The molecule has 3 heteroatoms. The maximum absolute atomic E-state index is 2.74. The topological polar surface area (TPSA) is 6.48 Å². The Hall–Kier alpha value is -6.58. The lowest BCUT2D eigenvalue weighted by atomic mass is 9.32. The minimum Gasteiger partial charge on any atom is -0.311 e. The molecule has 2 nitrogen and oxygen atoms in total. The van der Waals surface area contributed by atoms with Gasteiger partial charge in [0.05, 0.1) is 5.69 Å². The summed E-state index contributed by atoms with van der Waals surface area (Å²) in [6.07, 6.45) is 4.68. The Morgan fingerprint density at radius 3 is 1.44 bits per heavy atom. The molecule has 0 amide bonds. The maximum Gasteiger partial charge on any atom is 0.252 e. The Balaban J connectivity index is 1.17. The van der Waals surface area contributed by atoms with Crippen molar-refractivity contribution in [1.29, 1.82) is 0 Å². The highest BCUT2D eigenvalue weighted by Crippen LogP contribution is 2.54. The minimum absolute atomic E-state index is 0.0204. The Labute approximate surface area is 488 Å². The van der Waals surface area contributed by atoms with Crippen molar-refractivity contribution < 1.29 is 0 Å². The molecule has 0 spiro atoms. The lowest BCUT2D eigenvalue weighted by Gasteiger charge is -2.48. The van der Waals surface area contributed by atoms with Gasteiger partial charge in [-0.3, -0.25) is 0 Å².